The lowest BCUT2D eigenvalue weighted by molar-refractivity contribution is -0.138. The largest absolute Gasteiger partial charge is 0.481 e. The molecule has 2 aliphatic rings. The number of piperidine rings is 1. The summed E-state index contributed by atoms with van der Waals surface area (Å²) in [5, 5.41) is 12.4. The van der Waals surface area contributed by atoms with E-state index in [-0.39, 0.29) is 35.7 Å². The van der Waals surface area contributed by atoms with E-state index in [1.165, 1.54) is 16.7 Å². The van der Waals surface area contributed by atoms with Gasteiger partial charge in [0.2, 0.25) is 0 Å². The number of likely N-dealkylation sites (tertiary alicyclic amines) is 1. The van der Waals surface area contributed by atoms with Crippen molar-refractivity contribution in [2.75, 3.05) is 19.6 Å². The fourth-order valence-corrected chi connectivity index (χ4v) is 4.68. The Morgan fingerprint density at radius 3 is 2.65 bits per heavy atom. The number of aliphatic imine (C=N–C) groups is 1. The third-order valence-electron chi connectivity index (χ3n) is 6.45. The van der Waals surface area contributed by atoms with Crippen molar-refractivity contribution in [1.29, 1.82) is 0 Å². The van der Waals surface area contributed by atoms with E-state index in [2.05, 4.69) is 44.3 Å². The van der Waals surface area contributed by atoms with E-state index >= 15 is 0 Å². The van der Waals surface area contributed by atoms with Gasteiger partial charge in [-0.25, -0.2) is 4.79 Å². The molecule has 0 aromatic heterocycles. The van der Waals surface area contributed by atoms with Crippen molar-refractivity contribution in [3.63, 3.8) is 0 Å². The Morgan fingerprint density at radius 1 is 1.26 bits per heavy atom. The minimum absolute atomic E-state index is 0.0551. The number of carbonyl (C=O) groups is 2. The number of carboxylic acid groups (broad SMARTS) is 1. The van der Waals surface area contributed by atoms with Gasteiger partial charge in [-0.3, -0.25) is 9.79 Å². The molecule has 1 saturated heterocycles. The maximum atomic E-state index is 12.6. The highest BCUT2D eigenvalue weighted by molar-refractivity contribution is 6.03. The van der Waals surface area contributed by atoms with Gasteiger partial charge in [-0.2, -0.15) is 0 Å². The summed E-state index contributed by atoms with van der Waals surface area (Å²) in [6.45, 7) is 12.5. The van der Waals surface area contributed by atoms with Crippen LogP contribution in [0.1, 0.15) is 70.6 Å². The lowest BCUT2D eigenvalue weighted by atomic mass is 9.77. The average Bonchev–Trinajstić information content (AvgIpc) is 2.67. The molecule has 2 unspecified atom stereocenters. The molecule has 1 fully saturated rings. The van der Waals surface area contributed by atoms with E-state index in [4.69, 9.17) is 4.99 Å². The van der Waals surface area contributed by atoms with E-state index < -0.39 is 5.97 Å². The Kier molecular flexibility index (Phi) is 7.07. The van der Waals surface area contributed by atoms with Gasteiger partial charge in [-0.15, -0.1) is 0 Å². The molecule has 6 nitrogen and oxygen atoms in total. The zero-order chi connectivity index (χ0) is 22.8. The number of amides is 2. The van der Waals surface area contributed by atoms with Crippen LogP contribution in [0.15, 0.2) is 23.2 Å². The zero-order valence-electron chi connectivity index (χ0n) is 19.6. The molecule has 2 heterocycles. The SMILES string of the molecule is CC(C)NC(=O)N1CCC(CC(=O)O)C(CC2=NCCc3ccc(C(C)(C)C)cc32)C1. The van der Waals surface area contributed by atoms with Crippen molar-refractivity contribution < 1.29 is 14.7 Å². The van der Waals surface area contributed by atoms with Crippen molar-refractivity contribution >= 4 is 17.7 Å². The van der Waals surface area contributed by atoms with Gasteiger partial charge in [-0.05, 0) is 73.1 Å². The normalized spacial score (nSPS) is 21.5. The summed E-state index contributed by atoms with van der Waals surface area (Å²) in [6.07, 6.45) is 2.51. The number of nitrogens with zero attached hydrogens (tertiary/aromatic N) is 2. The van der Waals surface area contributed by atoms with Crippen LogP contribution >= 0.6 is 0 Å². The number of carboxylic acids is 1. The van der Waals surface area contributed by atoms with Gasteiger partial charge >= 0.3 is 12.0 Å². The summed E-state index contributed by atoms with van der Waals surface area (Å²) < 4.78 is 0. The summed E-state index contributed by atoms with van der Waals surface area (Å²) in [5.74, 6) is -0.624. The number of nitrogens with one attached hydrogen (secondary N) is 1. The average molecular weight is 428 g/mol. The molecule has 2 amide bonds. The van der Waals surface area contributed by atoms with E-state index in [0.717, 1.165) is 18.7 Å². The highest BCUT2D eigenvalue weighted by Gasteiger charge is 2.34. The second kappa shape index (κ2) is 9.41. The Hall–Kier alpha value is -2.37. The summed E-state index contributed by atoms with van der Waals surface area (Å²) in [5.41, 5.74) is 4.93. The molecule has 2 atom stereocenters. The molecule has 31 heavy (non-hydrogen) atoms. The summed E-state index contributed by atoms with van der Waals surface area (Å²) >= 11 is 0. The monoisotopic (exact) mass is 427 g/mol. The molecule has 0 radical (unpaired) electrons. The number of benzene rings is 1. The summed E-state index contributed by atoms with van der Waals surface area (Å²) in [6, 6.07) is 6.73. The number of urea groups is 1. The minimum atomic E-state index is -0.768. The Morgan fingerprint density at radius 2 is 2.00 bits per heavy atom. The molecule has 3 rings (SSSR count). The molecule has 170 valence electrons. The number of fused-ring (bicyclic) bond motifs is 1. The third kappa shape index (κ3) is 5.86. The van der Waals surface area contributed by atoms with E-state index in [9.17, 15) is 14.7 Å². The number of aliphatic carboxylic acids is 1. The Balaban J connectivity index is 1.84. The van der Waals surface area contributed by atoms with Crippen LogP contribution in [0.3, 0.4) is 0 Å². The standard InChI is InChI=1S/C25H37N3O3/c1-16(2)27-24(31)28-11-9-18(13-23(29)30)19(15-28)12-22-21-14-20(25(3,4)5)7-6-17(21)8-10-26-22/h6-7,14,16,18-19H,8-13,15H2,1-5H3,(H,27,31)(H,29,30). The van der Waals surface area contributed by atoms with E-state index in [1.54, 1.807) is 0 Å². The van der Waals surface area contributed by atoms with Crippen LogP contribution in [-0.4, -0.2) is 53.4 Å². The van der Waals surface area contributed by atoms with Crippen LogP contribution < -0.4 is 5.32 Å². The Labute approximate surface area is 186 Å². The molecular formula is C25H37N3O3. The predicted octanol–water partition coefficient (Wildman–Crippen LogP) is 4.25. The molecule has 2 N–H and O–H groups in total. The van der Waals surface area contributed by atoms with Crippen molar-refractivity contribution in [1.82, 2.24) is 10.2 Å². The van der Waals surface area contributed by atoms with Gasteiger partial charge < -0.3 is 15.3 Å². The molecule has 0 bridgehead atoms. The van der Waals surface area contributed by atoms with Gasteiger partial charge in [0.25, 0.3) is 0 Å². The van der Waals surface area contributed by atoms with Crippen LogP contribution in [0.5, 0.6) is 0 Å². The number of rotatable bonds is 5. The zero-order valence-corrected chi connectivity index (χ0v) is 19.6. The van der Waals surface area contributed by atoms with Gasteiger partial charge in [0.05, 0.1) is 0 Å². The van der Waals surface area contributed by atoms with Crippen LogP contribution in [0.25, 0.3) is 0 Å². The molecule has 6 heteroatoms. The van der Waals surface area contributed by atoms with Crippen LogP contribution in [0, 0.1) is 11.8 Å². The molecule has 1 aromatic carbocycles. The first-order valence-corrected chi connectivity index (χ1v) is 11.5. The predicted molar refractivity (Wildman–Crippen MR) is 124 cm³/mol. The molecule has 1 aromatic rings. The smallest absolute Gasteiger partial charge is 0.317 e. The van der Waals surface area contributed by atoms with Gasteiger partial charge in [0.15, 0.2) is 0 Å². The van der Waals surface area contributed by atoms with Crippen molar-refractivity contribution in [2.24, 2.45) is 16.8 Å². The second-order valence-electron chi connectivity index (χ2n) is 10.4. The third-order valence-corrected chi connectivity index (χ3v) is 6.45. The molecule has 0 spiro atoms. The molecule has 2 aliphatic heterocycles. The molecule has 0 saturated carbocycles. The number of hydrogen-bond donors (Lipinski definition) is 2. The van der Waals surface area contributed by atoms with Crippen molar-refractivity contribution in [3.05, 3.63) is 34.9 Å². The van der Waals surface area contributed by atoms with E-state index in [1.807, 2.05) is 18.7 Å². The van der Waals surface area contributed by atoms with Gasteiger partial charge in [-0.1, -0.05) is 32.9 Å². The lowest BCUT2D eigenvalue weighted by Gasteiger charge is -2.39. The topological polar surface area (TPSA) is 82.0 Å². The maximum Gasteiger partial charge on any atom is 0.317 e. The van der Waals surface area contributed by atoms with Crippen molar-refractivity contribution in [2.45, 2.75) is 71.8 Å². The van der Waals surface area contributed by atoms with Gasteiger partial charge in [0.1, 0.15) is 0 Å². The maximum absolute atomic E-state index is 12.6. The van der Waals surface area contributed by atoms with Crippen molar-refractivity contribution in [3.8, 4) is 0 Å². The van der Waals surface area contributed by atoms with Crippen LogP contribution in [0.4, 0.5) is 4.79 Å². The minimum Gasteiger partial charge on any atom is -0.481 e. The fraction of sp³-hybridized carbons (Fsp3) is 0.640. The first-order valence-electron chi connectivity index (χ1n) is 11.5. The van der Waals surface area contributed by atoms with Crippen LogP contribution in [0.2, 0.25) is 0 Å². The summed E-state index contributed by atoms with van der Waals surface area (Å²) in [4.78, 5) is 30.8. The quantitative estimate of drug-likeness (QED) is 0.737. The second-order valence-corrected chi connectivity index (χ2v) is 10.4. The highest BCUT2D eigenvalue weighted by atomic mass is 16.4. The fourth-order valence-electron chi connectivity index (χ4n) is 4.68. The lowest BCUT2D eigenvalue weighted by Crippen LogP contribution is -2.50. The van der Waals surface area contributed by atoms with E-state index in [0.29, 0.717) is 25.9 Å². The summed E-state index contributed by atoms with van der Waals surface area (Å²) in [7, 11) is 0. The van der Waals surface area contributed by atoms with Gasteiger partial charge in [0, 0.05) is 37.8 Å². The molecule has 0 aliphatic carbocycles. The first kappa shape index (κ1) is 23.3. The Bertz CT molecular complexity index is 854. The van der Waals surface area contributed by atoms with Crippen LogP contribution in [-0.2, 0) is 16.6 Å². The number of hydrogen-bond acceptors (Lipinski definition) is 3. The number of carbonyl (C=O) groups excluding carboxylic acids is 1. The highest BCUT2D eigenvalue weighted by Crippen LogP contribution is 2.33. The molecular weight excluding hydrogens is 390 g/mol. The first-order chi connectivity index (χ1) is 14.5.